The maximum absolute atomic E-state index is 13.0. The Hall–Kier alpha value is -1.90. The summed E-state index contributed by atoms with van der Waals surface area (Å²) in [5.74, 6) is 1.14. The van der Waals surface area contributed by atoms with Gasteiger partial charge in [0.2, 0.25) is 0 Å². The minimum atomic E-state index is -0.582. The SMILES string of the molecule is CC(C)C1=C(c2ccccc2)N=C(N(C)C)C(C)(C)C1=O. The Labute approximate surface area is 127 Å². The summed E-state index contributed by atoms with van der Waals surface area (Å²) < 4.78 is 0. The molecule has 0 spiro atoms. The average molecular weight is 284 g/mol. The third kappa shape index (κ3) is 2.65. The van der Waals surface area contributed by atoms with Gasteiger partial charge in [-0.3, -0.25) is 4.79 Å². The number of nitrogens with zero attached hydrogens (tertiary/aromatic N) is 2. The van der Waals surface area contributed by atoms with Crippen molar-refractivity contribution in [3.63, 3.8) is 0 Å². The molecule has 0 N–H and O–H groups in total. The molecule has 112 valence electrons. The zero-order valence-corrected chi connectivity index (χ0v) is 13.8. The largest absolute Gasteiger partial charge is 0.365 e. The van der Waals surface area contributed by atoms with Crippen LogP contribution in [0.25, 0.3) is 5.70 Å². The number of hydrogen-bond acceptors (Lipinski definition) is 3. The molecule has 1 aliphatic rings. The van der Waals surface area contributed by atoms with Crippen LogP contribution in [-0.4, -0.2) is 30.6 Å². The third-order valence-electron chi connectivity index (χ3n) is 3.89. The lowest BCUT2D eigenvalue weighted by molar-refractivity contribution is -0.121. The van der Waals surface area contributed by atoms with Crippen molar-refractivity contribution in [1.29, 1.82) is 0 Å². The first-order valence-corrected chi connectivity index (χ1v) is 7.37. The highest BCUT2D eigenvalue weighted by atomic mass is 16.1. The molecule has 0 fully saturated rings. The first-order valence-electron chi connectivity index (χ1n) is 7.37. The second kappa shape index (κ2) is 5.47. The summed E-state index contributed by atoms with van der Waals surface area (Å²) in [4.78, 5) is 19.8. The highest BCUT2D eigenvalue weighted by Gasteiger charge is 2.42. The molecule has 1 heterocycles. The van der Waals surface area contributed by atoms with Gasteiger partial charge in [0.05, 0.1) is 11.1 Å². The molecule has 0 atom stereocenters. The van der Waals surface area contributed by atoms with Crippen molar-refractivity contribution in [1.82, 2.24) is 4.90 Å². The van der Waals surface area contributed by atoms with E-state index >= 15 is 0 Å². The molecule has 0 bridgehead atoms. The molecular weight excluding hydrogens is 260 g/mol. The summed E-state index contributed by atoms with van der Waals surface area (Å²) in [5.41, 5.74) is 2.07. The van der Waals surface area contributed by atoms with Gasteiger partial charge in [-0.05, 0) is 19.8 Å². The van der Waals surface area contributed by atoms with E-state index in [1.807, 2.05) is 63.2 Å². The molecule has 3 nitrogen and oxygen atoms in total. The number of benzene rings is 1. The van der Waals surface area contributed by atoms with Crippen molar-refractivity contribution >= 4 is 17.3 Å². The minimum Gasteiger partial charge on any atom is -0.365 e. The van der Waals surface area contributed by atoms with Crippen LogP contribution in [0, 0.1) is 11.3 Å². The van der Waals surface area contributed by atoms with Gasteiger partial charge in [0.25, 0.3) is 0 Å². The first kappa shape index (κ1) is 15.5. The summed E-state index contributed by atoms with van der Waals surface area (Å²) in [6.45, 7) is 8.03. The molecule has 1 aliphatic heterocycles. The summed E-state index contributed by atoms with van der Waals surface area (Å²) >= 11 is 0. The molecule has 0 aromatic heterocycles. The lowest BCUT2D eigenvalue weighted by Crippen LogP contribution is -2.45. The van der Waals surface area contributed by atoms with E-state index in [1.165, 1.54) is 0 Å². The summed E-state index contributed by atoms with van der Waals surface area (Å²) in [5, 5.41) is 0. The molecule has 1 aromatic rings. The van der Waals surface area contributed by atoms with Gasteiger partial charge in [-0.15, -0.1) is 0 Å². The number of allylic oxidation sites excluding steroid dienone is 1. The molecule has 1 aromatic carbocycles. The molecular formula is C18H24N2O. The monoisotopic (exact) mass is 284 g/mol. The molecule has 0 saturated heterocycles. The molecule has 0 unspecified atom stereocenters. The zero-order valence-electron chi connectivity index (χ0n) is 13.8. The van der Waals surface area contributed by atoms with Gasteiger partial charge in [-0.25, -0.2) is 4.99 Å². The van der Waals surface area contributed by atoms with Crippen molar-refractivity contribution in [3.8, 4) is 0 Å². The van der Waals surface area contributed by atoms with Crippen LogP contribution in [-0.2, 0) is 4.79 Å². The van der Waals surface area contributed by atoms with Crippen LogP contribution in [0.2, 0.25) is 0 Å². The fraction of sp³-hybridized carbons (Fsp3) is 0.444. The quantitative estimate of drug-likeness (QED) is 0.831. The predicted molar refractivity (Wildman–Crippen MR) is 88.1 cm³/mol. The fourth-order valence-electron chi connectivity index (χ4n) is 2.86. The fourth-order valence-corrected chi connectivity index (χ4v) is 2.86. The molecule has 0 aliphatic carbocycles. The Balaban J connectivity index is 2.72. The topological polar surface area (TPSA) is 32.7 Å². The predicted octanol–water partition coefficient (Wildman–Crippen LogP) is 3.62. The van der Waals surface area contributed by atoms with Crippen LogP contribution in [0.4, 0.5) is 0 Å². The number of Topliss-reactive ketones (excluding diaryl/α,β-unsaturated/α-hetero) is 1. The van der Waals surface area contributed by atoms with E-state index in [2.05, 4.69) is 13.8 Å². The summed E-state index contributed by atoms with van der Waals surface area (Å²) in [6.07, 6.45) is 0. The normalized spacial score (nSPS) is 18.0. The highest BCUT2D eigenvalue weighted by molar-refractivity contribution is 6.21. The van der Waals surface area contributed by atoms with Crippen LogP contribution < -0.4 is 0 Å². The van der Waals surface area contributed by atoms with Crippen LogP contribution in [0.1, 0.15) is 33.3 Å². The maximum Gasteiger partial charge on any atom is 0.174 e. The number of aliphatic imine (C=N–C) groups is 1. The van der Waals surface area contributed by atoms with E-state index in [4.69, 9.17) is 4.99 Å². The van der Waals surface area contributed by atoms with Gasteiger partial charge in [0.1, 0.15) is 5.84 Å². The highest BCUT2D eigenvalue weighted by Crippen LogP contribution is 2.38. The molecule has 2 rings (SSSR count). The maximum atomic E-state index is 13.0. The second-order valence-electron chi connectivity index (χ2n) is 6.57. The Morgan fingerprint density at radius 2 is 1.67 bits per heavy atom. The van der Waals surface area contributed by atoms with Crippen molar-refractivity contribution < 1.29 is 4.79 Å². The third-order valence-corrected chi connectivity index (χ3v) is 3.89. The van der Waals surface area contributed by atoms with Crippen molar-refractivity contribution in [2.24, 2.45) is 16.3 Å². The number of carbonyl (C=O) groups excluding carboxylic acids is 1. The summed E-state index contributed by atoms with van der Waals surface area (Å²) in [7, 11) is 3.88. The van der Waals surface area contributed by atoms with E-state index in [0.29, 0.717) is 0 Å². The molecule has 21 heavy (non-hydrogen) atoms. The van der Waals surface area contributed by atoms with Gasteiger partial charge in [0.15, 0.2) is 5.78 Å². The minimum absolute atomic E-state index is 0.152. The number of carbonyl (C=O) groups is 1. The second-order valence-corrected chi connectivity index (χ2v) is 6.57. The standard InChI is InChI=1S/C18H24N2O/c1-12(2)14-15(13-10-8-7-9-11-13)19-17(20(5)6)18(3,4)16(14)21/h7-12H,1-6H3. The molecule has 0 radical (unpaired) electrons. The van der Waals surface area contributed by atoms with Gasteiger partial charge in [-0.1, -0.05) is 44.2 Å². The van der Waals surface area contributed by atoms with Crippen LogP contribution >= 0.6 is 0 Å². The number of amidine groups is 1. The smallest absolute Gasteiger partial charge is 0.174 e. The van der Waals surface area contributed by atoms with Gasteiger partial charge < -0.3 is 4.90 Å². The number of rotatable bonds is 2. The van der Waals surface area contributed by atoms with E-state index in [9.17, 15) is 4.79 Å². The Bertz CT molecular complexity index is 607. The van der Waals surface area contributed by atoms with E-state index < -0.39 is 5.41 Å². The van der Waals surface area contributed by atoms with Crippen LogP contribution in [0.15, 0.2) is 40.9 Å². The Morgan fingerprint density at radius 1 is 1.10 bits per heavy atom. The number of hydrogen-bond donors (Lipinski definition) is 0. The zero-order chi connectivity index (χ0) is 15.8. The lowest BCUT2D eigenvalue weighted by atomic mass is 9.75. The Morgan fingerprint density at radius 3 is 2.14 bits per heavy atom. The average Bonchev–Trinajstić information content (AvgIpc) is 2.41. The molecule has 3 heteroatoms. The van der Waals surface area contributed by atoms with Gasteiger partial charge in [0, 0.05) is 25.2 Å². The Kier molecular flexibility index (Phi) is 4.04. The number of ketones is 1. The first-order chi connectivity index (χ1) is 9.76. The van der Waals surface area contributed by atoms with Crippen molar-refractivity contribution in [2.45, 2.75) is 27.7 Å². The molecule has 0 amide bonds. The van der Waals surface area contributed by atoms with E-state index in [0.717, 1.165) is 22.7 Å². The van der Waals surface area contributed by atoms with Gasteiger partial charge >= 0.3 is 0 Å². The van der Waals surface area contributed by atoms with Crippen molar-refractivity contribution in [2.75, 3.05) is 14.1 Å². The van der Waals surface area contributed by atoms with Crippen LogP contribution in [0.5, 0.6) is 0 Å². The van der Waals surface area contributed by atoms with E-state index in [1.54, 1.807) is 0 Å². The summed E-state index contributed by atoms with van der Waals surface area (Å²) in [6, 6.07) is 9.97. The molecule has 0 saturated carbocycles. The van der Waals surface area contributed by atoms with Crippen LogP contribution in [0.3, 0.4) is 0 Å². The van der Waals surface area contributed by atoms with Crippen molar-refractivity contribution in [3.05, 3.63) is 41.5 Å². The van der Waals surface area contributed by atoms with E-state index in [-0.39, 0.29) is 11.7 Å². The van der Waals surface area contributed by atoms with Gasteiger partial charge in [-0.2, -0.15) is 0 Å². The lowest BCUT2D eigenvalue weighted by Gasteiger charge is -2.36.